The van der Waals surface area contributed by atoms with Crippen molar-refractivity contribution in [2.24, 2.45) is 0 Å². The third-order valence-electron chi connectivity index (χ3n) is 9.58. The first-order valence-corrected chi connectivity index (χ1v) is 20.5. The Labute approximate surface area is 282 Å². The van der Waals surface area contributed by atoms with Crippen LogP contribution in [0.25, 0.3) is 0 Å². The molecule has 0 aliphatic rings. The summed E-state index contributed by atoms with van der Waals surface area (Å²) in [6, 6.07) is 0. The molecule has 0 aromatic carbocycles. The molecule has 268 valence electrons. The highest BCUT2D eigenvalue weighted by molar-refractivity contribution is 5.69. The van der Waals surface area contributed by atoms with Crippen molar-refractivity contribution in [3.8, 4) is 0 Å². The molecule has 4 heteroatoms. The van der Waals surface area contributed by atoms with E-state index in [4.69, 9.17) is 9.84 Å². The van der Waals surface area contributed by atoms with Gasteiger partial charge in [0, 0.05) is 12.8 Å². The van der Waals surface area contributed by atoms with Crippen molar-refractivity contribution in [2.45, 2.75) is 251 Å². The van der Waals surface area contributed by atoms with Gasteiger partial charge in [0.25, 0.3) is 0 Å². The second kappa shape index (κ2) is 37.4. The minimum absolute atomic E-state index is 0.0282. The first-order chi connectivity index (χ1) is 22.1. The fraction of sp³-hybridized carbons (Fsp3) is 0.951. The monoisotopic (exact) mass is 637 g/mol. The van der Waals surface area contributed by atoms with Gasteiger partial charge in [0.05, 0.1) is 0 Å². The van der Waals surface area contributed by atoms with E-state index in [-0.39, 0.29) is 12.1 Å². The highest BCUT2D eigenvalue weighted by Gasteiger charge is 2.14. The molecule has 0 saturated heterocycles. The zero-order chi connectivity index (χ0) is 32.9. The van der Waals surface area contributed by atoms with Crippen LogP contribution in [0.5, 0.6) is 0 Å². The summed E-state index contributed by atoms with van der Waals surface area (Å²) < 4.78 is 6.04. The third kappa shape index (κ3) is 37.3. The Hall–Kier alpha value is -1.06. The first kappa shape index (κ1) is 43.9. The van der Waals surface area contributed by atoms with E-state index in [1.807, 2.05) is 0 Å². The highest BCUT2D eigenvalue weighted by atomic mass is 16.5. The van der Waals surface area contributed by atoms with Crippen molar-refractivity contribution in [1.82, 2.24) is 0 Å². The molecule has 0 aromatic heterocycles. The van der Waals surface area contributed by atoms with Gasteiger partial charge in [-0.3, -0.25) is 9.59 Å². The molecule has 0 aromatic rings. The summed E-state index contributed by atoms with van der Waals surface area (Å²) in [6.07, 6.45) is 44.1. The van der Waals surface area contributed by atoms with Crippen LogP contribution in [0.4, 0.5) is 0 Å². The molecular weight excluding hydrogens is 556 g/mol. The van der Waals surface area contributed by atoms with E-state index in [1.165, 1.54) is 167 Å². The normalized spacial score (nSPS) is 12.0. The van der Waals surface area contributed by atoms with Gasteiger partial charge in [0.15, 0.2) is 0 Å². The van der Waals surface area contributed by atoms with Gasteiger partial charge >= 0.3 is 11.9 Å². The highest BCUT2D eigenvalue weighted by Crippen LogP contribution is 2.19. The summed E-state index contributed by atoms with van der Waals surface area (Å²) in [5.41, 5.74) is 0. The van der Waals surface area contributed by atoms with E-state index in [9.17, 15) is 9.59 Å². The number of unbranched alkanes of at least 4 members (excludes halogenated alkanes) is 29. The van der Waals surface area contributed by atoms with Crippen molar-refractivity contribution < 1.29 is 19.4 Å². The molecule has 0 aliphatic heterocycles. The maximum atomic E-state index is 12.7. The van der Waals surface area contributed by atoms with Crippen molar-refractivity contribution in [2.75, 3.05) is 0 Å². The summed E-state index contributed by atoms with van der Waals surface area (Å²) in [4.78, 5) is 23.3. The molecule has 1 unspecified atom stereocenters. The van der Waals surface area contributed by atoms with Gasteiger partial charge in [-0.1, -0.05) is 194 Å². The van der Waals surface area contributed by atoms with Crippen molar-refractivity contribution in [3.05, 3.63) is 0 Å². The molecule has 0 aliphatic carbocycles. The Balaban J connectivity index is 4.02. The summed E-state index contributed by atoms with van der Waals surface area (Å²) >= 11 is 0. The zero-order valence-electron chi connectivity index (χ0n) is 30.7. The number of hydrogen-bond donors (Lipinski definition) is 1. The van der Waals surface area contributed by atoms with Gasteiger partial charge in [0.1, 0.15) is 6.10 Å². The number of hydrogen-bond acceptors (Lipinski definition) is 3. The Morgan fingerprint density at radius 2 is 0.667 bits per heavy atom. The smallest absolute Gasteiger partial charge is 0.306 e. The number of carbonyl (C=O) groups excluding carboxylic acids is 1. The number of ether oxygens (including phenoxy) is 1. The van der Waals surface area contributed by atoms with Gasteiger partial charge in [-0.25, -0.2) is 0 Å². The second-order valence-electron chi connectivity index (χ2n) is 14.2. The van der Waals surface area contributed by atoms with E-state index < -0.39 is 5.97 Å². The molecule has 45 heavy (non-hydrogen) atoms. The summed E-state index contributed by atoms with van der Waals surface area (Å²) in [5.74, 6) is -0.654. The lowest BCUT2D eigenvalue weighted by Crippen LogP contribution is -2.18. The molecule has 0 radical (unpaired) electrons. The predicted molar refractivity (Wildman–Crippen MR) is 195 cm³/mol. The molecule has 0 saturated carbocycles. The first-order valence-electron chi connectivity index (χ1n) is 20.5. The SMILES string of the molecule is CCCCCCCCCCCCCCCCC(=O)OC(CCCCCCCCCCCCC)CCCCCCCCCC(=O)O. The second-order valence-corrected chi connectivity index (χ2v) is 14.2. The Bertz CT molecular complexity index is 604. The van der Waals surface area contributed by atoms with Gasteiger partial charge in [-0.05, 0) is 38.5 Å². The predicted octanol–water partition coefficient (Wildman–Crippen LogP) is 14.1. The van der Waals surface area contributed by atoms with Gasteiger partial charge < -0.3 is 9.84 Å². The van der Waals surface area contributed by atoms with Gasteiger partial charge in [0.2, 0.25) is 0 Å². The van der Waals surface area contributed by atoms with Crippen LogP contribution >= 0.6 is 0 Å². The molecule has 0 heterocycles. The molecule has 0 bridgehead atoms. The number of carboxylic acids is 1. The number of aliphatic carboxylic acids is 1. The number of carbonyl (C=O) groups is 2. The minimum atomic E-state index is -0.683. The minimum Gasteiger partial charge on any atom is -0.481 e. The number of carboxylic acid groups (broad SMARTS) is 1. The largest absolute Gasteiger partial charge is 0.481 e. The van der Waals surface area contributed by atoms with Crippen molar-refractivity contribution in [3.63, 3.8) is 0 Å². The van der Waals surface area contributed by atoms with E-state index in [1.54, 1.807) is 0 Å². The third-order valence-corrected chi connectivity index (χ3v) is 9.58. The lowest BCUT2D eigenvalue weighted by atomic mass is 10.0. The Morgan fingerprint density at radius 3 is 0.978 bits per heavy atom. The molecule has 4 nitrogen and oxygen atoms in total. The van der Waals surface area contributed by atoms with Crippen LogP contribution in [-0.4, -0.2) is 23.1 Å². The maximum absolute atomic E-state index is 12.7. The molecule has 1 atom stereocenters. The zero-order valence-corrected chi connectivity index (χ0v) is 30.7. The Kier molecular flexibility index (Phi) is 36.5. The lowest BCUT2D eigenvalue weighted by molar-refractivity contribution is -0.150. The molecule has 1 N–H and O–H groups in total. The summed E-state index contributed by atoms with van der Waals surface area (Å²) in [6.45, 7) is 4.56. The summed E-state index contributed by atoms with van der Waals surface area (Å²) in [5, 5.41) is 8.77. The van der Waals surface area contributed by atoms with Crippen molar-refractivity contribution >= 4 is 11.9 Å². The molecule has 0 spiro atoms. The van der Waals surface area contributed by atoms with Crippen LogP contribution in [0.2, 0.25) is 0 Å². The van der Waals surface area contributed by atoms with E-state index in [0.717, 1.165) is 51.4 Å². The van der Waals surface area contributed by atoms with Crippen LogP contribution in [-0.2, 0) is 14.3 Å². The van der Waals surface area contributed by atoms with Gasteiger partial charge in [-0.2, -0.15) is 0 Å². The average Bonchev–Trinajstić information content (AvgIpc) is 3.02. The van der Waals surface area contributed by atoms with Crippen LogP contribution in [0.1, 0.15) is 245 Å². The standard InChI is InChI=1S/C41H80O4/c1-3-5-7-9-11-13-15-16-17-19-21-26-30-34-38-41(44)45-39(36-32-28-24-22-25-29-33-37-40(42)43)35-31-27-23-20-18-14-12-10-8-6-4-2/h39H,3-38H2,1-2H3,(H,42,43). The topological polar surface area (TPSA) is 63.6 Å². The number of esters is 1. The van der Waals surface area contributed by atoms with Crippen LogP contribution in [0.3, 0.4) is 0 Å². The molecule has 0 rings (SSSR count). The van der Waals surface area contributed by atoms with Crippen LogP contribution < -0.4 is 0 Å². The average molecular weight is 637 g/mol. The fourth-order valence-electron chi connectivity index (χ4n) is 6.54. The Morgan fingerprint density at radius 1 is 0.400 bits per heavy atom. The fourth-order valence-corrected chi connectivity index (χ4v) is 6.54. The lowest BCUT2D eigenvalue weighted by Gasteiger charge is -2.18. The van der Waals surface area contributed by atoms with E-state index in [0.29, 0.717) is 12.8 Å². The van der Waals surface area contributed by atoms with E-state index in [2.05, 4.69) is 13.8 Å². The molecule has 0 amide bonds. The maximum Gasteiger partial charge on any atom is 0.306 e. The van der Waals surface area contributed by atoms with E-state index >= 15 is 0 Å². The van der Waals surface area contributed by atoms with Crippen LogP contribution in [0, 0.1) is 0 Å². The quantitative estimate of drug-likeness (QED) is 0.0541. The van der Waals surface area contributed by atoms with Crippen LogP contribution in [0.15, 0.2) is 0 Å². The van der Waals surface area contributed by atoms with Crippen molar-refractivity contribution in [1.29, 1.82) is 0 Å². The molecular formula is C41H80O4. The molecule has 0 fully saturated rings. The number of rotatable bonds is 38. The summed E-state index contributed by atoms with van der Waals surface area (Å²) in [7, 11) is 0. The van der Waals surface area contributed by atoms with Gasteiger partial charge in [-0.15, -0.1) is 0 Å².